The van der Waals surface area contributed by atoms with Gasteiger partial charge >= 0.3 is 0 Å². The van der Waals surface area contributed by atoms with Gasteiger partial charge in [0.15, 0.2) is 11.6 Å². The second kappa shape index (κ2) is 7.67. The summed E-state index contributed by atoms with van der Waals surface area (Å²) in [5.41, 5.74) is -1.04. The summed E-state index contributed by atoms with van der Waals surface area (Å²) < 4.78 is 40.9. The summed E-state index contributed by atoms with van der Waals surface area (Å²) in [5, 5.41) is 21.4. The largest absolute Gasteiger partial charge is 0.507 e. The second-order valence-corrected chi connectivity index (χ2v) is 6.41. The summed E-state index contributed by atoms with van der Waals surface area (Å²) >= 11 is 0. The van der Waals surface area contributed by atoms with Crippen molar-refractivity contribution in [1.29, 1.82) is 5.26 Å². The number of aromatic hydroxyl groups is 1. The summed E-state index contributed by atoms with van der Waals surface area (Å²) in [6.45, 7) is 1.50. The van der Waals surface area contributed by atoms with Crippen LogP contribution >= 0.6 is 0 Å². The molecular weight excluding hydrogens is 387 g/mol. The molecule has 29 heavy (non-hydrogen) atoms. The highest BCUT2D eigenvalue weighted by Gasteiger charge is 2.20. The van der Waals surface area contributed by atoms with Crippen molar-refractivity contribution in [3.8, 4) is 11.8 Å². The number of carbonyl (C=O) groups excluding carboxylic acids is 1. The monoisotopic (exact) mass is 401 g/mol. The number of halogens is 3. The normalized spacial score (nSPS) is 11.8. The number of amides is 1. The number of aromatic nitrogens is 1. The third-order valence-corrected chi connectivity index (χ3v) is 4.43. The number of carbonyl (C=O) groups is 1. The molecule has 3 aromatic rings. The van der Waals surface area contributed by atoms with Crippen LogP contribution in [0.5, 0.6) is 5.75 Å². The Labute approximate surface area is 162 Å². The highest BCUT2D eigenvalue weighted by Crippen LogP contribution is 2.27. The van der Waals surface area contributed by atoms with Crippen molar-refractivity contribution in [2.75, 3.05) is 0 Å². The minimum Gasteiger partial charge on any atom is -0.507 e. The SMILES string of the molecule is C[C@@H](NC(=O)Cc1c(O)c2cc(F)c(F)cc2[nH]c1=O)c1ccc(C#N)cc1F. The first-order valence-corrected chi connectivity index (χ1v) is 8.43. The molecule has 6 nitrogen and oxygen atoms in total. The van der Waals surface area contributed by atoms with Crippen LogP contribution in [0.2, 0.25) is 0 Å². The van der Waals surface area contributed by atoms with Crippen LogP contribution in [-0.4, -0.2) is 16.0 Å². The van der Waals surface area contributed by atoms with Gasteiger partial charge in [-0.1, -0.05) is 6.07 Å². The van der Waals surface area contributed by atoms with Gasteiger partial charge in [-0.25, -0.2) is 13.2 Å². The zero-order chi connectivity index (χ0) is 21.3. The van der Waals surface area contributed by atoms with Crippen molar-refractivity contribution in [3.63, 3.8) is 0 Å². The fourth-order valence-corrected chi connectivity index (χ4v) is 2.96. The van der Waals surface area contributed by atoms with Crippen molar-refractivity contribution >= 4 is 16.8 Å². The van der Waals surface area contributed by atoms with Gasteiger partial charge in [-0.2, -0.15) is 5.26 Å². The zero-order valence-electron chi connectivity index (χ0n) is 15.0. The molecule has 0 bridgehead atoms. The third kappa shape index (κ3) is 3.91. The molecular formula is C20H14F3N3O3. The molecule has 1 amide bonds. The average molecular weight is 401 g/mol. The second-order valence-electron chi connectivity index (χ2n) is 6.41. The molecule has 0 unspecified atom stereocenters. The lowest BCUT2D eigenvalue weighted by Gasteiger charge is -2.15. The maximum absolute atomic E-state index is 14.1. The van der Waals surface area contributed by atoms with E-state index in [-0.39, 0.29) is 27.6 Å². The van der Waals surface area contributed by atoms with Gasteiger partial charge in [-0.05, 0) is 25.1 Å². The number of nitrogens with zero attached hydrogens (tertiary/aromatic N) is 1. The van der Waals surface area contributed by atoms with E-state index in [1.54, 1.807) is 6.07 Å². The van der Waals surface area contributed by atoms with Gasteiger partial charge in [0.25, 0.3) is 5.56 Å². The number of aromatic amines is 1. The van der Waals surface area contributed by atoms with E-state index in [0.29, 0.717) is 6.07 Å². The number of fused-ring (bicyclic) bond motifs is 1. The maximum atomic E-state index is 14.1. The maximum Gasteiger partial charge on any atom is 0.255 e. The lowest BCUT2D eigenvalue weighted by molar-refractivity contribution is -0.121. The van der Waals surface area contributed by atoms with Gasteiger partial charge < -0.3 is 15.4 Å². The molecule has 1 atom stereocenters. The first-order chi connectivity index (χ1) is 13.7. The van der Waals surface area contributed by atoms with E-state index < -0.39 is 47.1 Å². The van der Waals surface area contributed by atoms with E-state index in [9.17, 15) is 27.9 Å². The van der Waals surface area contributed by atoms with Crippen LogP contribution in [0.15, 0.2) is 35.1 Å². The fraction of sp³-hybridized carbons (Fsp3) is 0.150. The summed E-state index contributed by atoms with van der Waals surface area (Å²) in [7, 11) is 0. The molecule has 2 aromatic carbocycles. The topological polar surface area (TPSA) is 106 Å². The number of rotatable bonds is 4. The van der Waals surface area contributed by atoms with Gasteiger partial charge in [0.05, 0.1) is 35.2 Å². The number of nitrogens with one attached hydrogen (secondary N) is 2. The predicted molar refractivity (Wildman–Crippen MR) is 97.5 cm³/mol. The van der Waals surface area contributed by atoms with Crippen molar-refractivity contribution in [3.05, 3.63) is 74.8 Å². The Morgan fingerprint density at radius 1 is 1.21 bits per heavy atom. The molecule has 0 aliphatic carbocycles. The Hall–Kier alpha value is -3.80. The highest BCUT2D eigenvalue weighted by atomic mass is 19.2. The van der Waals surface area contributed by atoms with Gasteiger partial charge in [-0.3, -0.25) is 9.59 Å². The van der Waals surface area contributed by atoms with Gasteiger partial charge in [0, 0.05) is 17.0 Å². The minimum absolute atomic E-state index is 0.122. The molecule has 0 saturated heterocycles. The quantitative estimate of drug-likeness (QED) is 0.625. The molecule has 3 N–H and O–H groups in total. The Kier molecular flexibility index (Phi) is 5.28. The number of benzene rings is 2. The van der Waals surface area contributed by atoms with E-state index in [1.165, 1.54) is 19.1 Å². The number of hydrogen-bond acceptors (Lipinski definition) is 4. The van der Waals surface area contributed by atoms with E-state index >= 15 is 0 Å². The van der Waals surface area contributed by atoms with Crippen molar-refractivity contribution in [2.45, 2.75) is 19.4 Å². The molecule has 0 aliphatic heterocycles. The van der Waals surface area contributed by atoms with Crippen LogP contribution in [0.25, 0.3) is 10.9 Å². The van der Waals surface area contributed by atoms with E-state index in [0.717, 1.165) is 12.1 Å². The fourth-order valence-electron chi connectivity index (χ4n) is 2.96. The Bertz CT molecular complexity index is 1230. The van der Waals surface area contributed by atoms with Crippen molar-refractivity contribution in [2.24, 2.45) is 0 Å². The van der Waals surface area contributed by atoms with Crippen LogP contribution < -0.4 is 10.9 Å². The molecule has 9 heteroatoms. The van der Waals surface area contributed by atoms with E-state index in [4.69, 9.17) is 5.26 Å². The Balaban J connectivity index is 1.85. The van der Waals surface area contributed by atoms with Crippen LogP contribution in [-0.2, 0) is 11.2 Å². The smallest absolute Gasteiger partial charge is 0.255 e. The molecule has 148 valence electrons. The zero-order valence-corrected chi connectivity index (χ0v) is 15.0. The third-order valence-electron chi connectivity index (χ3n) is 4.43. The minimum atomic E-state index is -1.22. The Morgan fingerprint density at radius 3 is 2.55 bits per heavy atom. The van der Waals surface area contributed by atoms with Crippen LogP contribution in [0.1, 0.15) is 29.7 Å². The number of pyridine rings is 1. The highest BCUT2D eigenvalue weighted by molar-refractivity contribution is 5.88. The lowest BCUT2D eigenvalue weighted by atomic mass is 10.0. The van der Waals surface area contributed by atoms with Crippen LogP contribution in [0.3, 0.4) is 0 Å². The molecule has 0 radical (unpaired) electrons. The lowest BCUT2D eigenvalue weighted by Crippen LogP contribution is -2.30. The average Bonchev–Trinajstić information content (AvgIpc) is 2.66. The molecule has 1 heterocycles. The number of nitriles is 1. The first-order valence-electron chi connectivity index (χ1n) is 8.43. The molecule has 1 aromatic heterocycles. The molecule has 0 aliphatic rings. The van der Waals surface area contributed by atoms with Crippen LogP contribution in [0.4, 0.5) is 13.2 Å². The van der Waals surface area contributed by atoms with E-state index in [2.05, 4.69) is 10.3 Å². The summed E-state index contributed by atoms with van der Waals surface area (Å²) in [6, 6.07) is 6.24. The Morgan fingerprint density at radius 2 is 1.90 bits per heavy atom. The first kappa shape index (κ1) is 19.9. The number of H-pyrrole nitrogens is 1. The molecule has 3 rings (SSSR count). The van der Waals surface area contributed by atoms with Crippen molar-refractivity contribution < 1.29 is 23.1 Å². The van der Waals surface area contributed by atoms with Crippen molar-refractivity contribution in [1.82, 2.24) is 10.3 Å². The molecule has 0 saturated carbocycles. The summed E-state index contributed by atoms with van der Waals surface area (Å²) in [5.74, 6) is -4.45. The van der Waals surface area contributed by atoms with Gasteiger partial charge in [-0.15, -0.1) is 0 Å². The standard InChI is InChI=1S/C20H14F3N3O3/c1-9(11-3-2-10(8-24)4-14(11)21)25-18(27)6-13-19(28)12-5-15(22)16(23)7-17(12)26-20(13)29/h2-5,7,9H,6H2,1H3,(H,25,27)(H2,26,28,29)/t9-/m1/s1. The summed E-state index contributed by atoms with van der Waals surface area (Å²) in [4.78, 5) is 26.8. The molecule has 0 spiro atoms. The van der Waals surface area contributed by atoms with E-state index in [1.807, 2.05) is 0 Å². The predicted octanol–water partition coefficient (Wildman–Crippen LogP) is 2.94. The van der Waals surface area contributed by atoms with Gasteiger partial charge in [0.1, 0.15) is 11.6 Å². The van der Waals surface area contributed by atoms with Gasteiger partial charge in [0.2, 0.25) is 5.91 Å². The van der Waals surface area contributed by atoms with Crippen LogP contribution in [0, 0.1) is 28.8 Å². The molecule has 0 fully saturated rings. The summed E-state index contributed by atoms with van der Waals surface area (Å²) in [6.07, 6.45) is -0.571. The number of hydrogen-bond donors (Lipinski definition) is 3.